The van der Waals surface area contributed by atoms with Gasteiger partial charge in [-0.2, -0.15) is 0 Å². The number of nitrogens with zero attached hydrogens (tertiary/aromatic N) is 1. The van der Waals surface area contributed by atoms with Crippen LogP contribution in [0.15, 0.2) is 30.3 Å². The molecule has 0 radical (unpaired) electrons. The molecule has 5 heteroatoms. The van der Waals surface area contributed by atoms with E-state index in [2.05, 4.69) is 0 Å². The first-order valence-electron chi connectivity index (χ1n) is 8.97. The average Bonchev–Trinajstić information content (AvgIpc) is 2.58. The largest absolute Gasteiger partial charge is 0.490 e. The van der Waals surface area contributed by atoms with E-state index < -0.39 is 0 Å². The molecule has 1 aromatic rings. The Balaban J connectivity index is 0.00000208. The van der Waals surface area contributed by atoms with Crippen molar-refractivity contribution in [3.63, 3.8) is 0 Å². The number of halogens is 1. The van der Waals surface area contributed by atoms with E-state index in [1.807, 2.05) is 35.2 Å². The summed E-state index contributed by atoms with van der Waals surface area (Å²) in [5.74, 6) is 1.59. The highest BCUT2D eigenvalue weighted by molar-refractivity contribution is 5.85. The second-order valence-electron chi connectivity index (χ2n) is 6.92. The molecule has 1 saturated carbocycles. The molecule has 0 spiro atoms. The van der Waals surface area contributed by atoms with Gasteiger partial charge >= 0.3 is 0 Å². The molecule has 1 aromatic carbocycles. The molecule has 24 heavy (non-hydrogen) atoms. The number of para-hydroxylation sites is 1. The monoisotopic (exact) mass is 352 g/mol. The zero-order valence-corrected chi connectivity index (χ0v) is 15.0. The van der Waals surface area contributed by atoms with E-state index in [1.165, 1.54) is 12.8 Å². The lowest BCUT2D eigenvalue weighted by Gasteiger charge is -2.34. The third-order valence-corrected chi connectivity index (χ3v) is 5.25. The number of nitrogens with two attached hydrogens (primary N) is 1. The van der Waals surface area contributed by atoms with Crippen LogP contribution in [-0.4, -0.2) is 36.0 Å². The number of ether oxygens (including phenoxy) is 1. The second kappa shape index (κ2) is 9.28. The van der Waals surface area contributed by atoms with Gasteiger partial charge in [-0.15, -0.1) is 12.4 Å². The van der Waals surface area contributed by atoms with Crippen molar-refractivity contribution in [1.82, 2.24) is 4.90 Å². The van der Waals surface area contributed by atoms with Crippen LogP contribution in [0.1, 0.15) is 44.9 Å². The van der Waals surface area contributed by atoms with Crippen molar-refractivity contribution in [2.24, 2.45) is 11.7 Å². The predicted octanol–water partition coefficient (Wildman–Crippen LogP) is 3.39. The minimum Gasteiger partial charge on any atom is -0.490 e. The fourth-order valence-corrected chi connectivity index (χ4v) is 3.76. The summed E-state index contributed by atoms with van der Waals surface area (Å²) in [5, 5.41) is 0. The van der Waals surface area contributed by atoms with E-state index in [-0.39, 0.29) is 30.5 Å². The highest BCUT2D eigenvalue weighted by Crippen LogP contribution is 2.27. The minimum atomic E-state index is 0. The second-order valence-corrected chi connectivity index (χ2v) is 6.92. The zero-order chi connectivity index (χ0) is 16.1. The lowest BCUT2D eigenvalue weighted by molar-refractivity contribution is -0.134. The van der Waals surface area contributed by atoms with Gasteiger partial charge in [0.1, 0.15) is 11.9 Å². The van der Waals surface area contributed by atoms with Crippen LogP contribution < -0.4 is 10.5 Å². The molecule has 1 aliphatic carbocycles. The first kappa shape index (κ1) is 19.1. The van der Waals surface area contributed by atoms with Crippen LogP contribution in [0.4, 0.5) is 0 Å². The van der Waals surface area contributed by atoms with Crippen LogP contribution in [0.2, 0.25) is 0 Å². The normalized spacial score (nSPS) is 25.0. The third-order valence-electron chi connectivity index (χ3n) is 5.25. The lowest BCUT2D eigenvalue weighted by atomic mass is 9.82. The zero-order valence-electron chi connectivity index (χ0n) is 14.2. The Hall–Kier alpha value is -1.26. The number of rotatable bonds is 4. The van der Waals surface area contributed by atoms with Crippen LogP contribution >= 0.6 is 12.4 Å². The van der Waals surface area contributed by atoms with Gasteiger partial charge in [0.05, 0.1) is 0 Å². The van der Waals surface area contributed by atoms with Crippen LogP contribution in [0.25, 0.3) is 0 Å². The van der Waals surface area contributed by atoms with Gasteiger partial charge in [-0.25, -0.2) is 0 Å². The SMILES string of the molecule is Cl.NC1CCCCC1CC(=O)N1CCC(Oc2ccccc2)CC1. The summed E-state index contributed by atoms with van der Waals surface area (Å²) in [5.41, 5.74) is 6.17. The van der Waals surface area contributed by atoms with E-state index >= 15 is 0 Å². The number of carbonyl (C=O) groups is 1. The van der Waals surface area contributed by atoms with Crippen molar-refractivity contribution in [3.8, 4) is 5.75 Å². The molecule has 1 amide bonds. The number of hydrogen-bond donors (Lipinski definition) is 1. The van der Waals surface area contributed by atoms with Crippen molar-refractivity contribution in [1.29, 1.82) is 0 Å². The topological polar surface area (TPSA) is 55.6 Å². The van der Waals surface area contributed by atoms with Crippen molar-refractivity contribution in [2.75, 3.05) is 13.1 Å². The van der Waals surface area contributed by atoms with Crippen molar-refractivity contribution < 1.29 is 9.53 Å². The summed E-state index contributed by atoms with van der Waals surface area (Å²) in [6, 6.07) is 10.2. The molecule has 0 aromatic heterocycles. The van der Waals surface area contributed by atoms with Gasteiger partial charge in [-0.1, -0.05) is 31.0 Å². The Labute approximate surface area is 151 Å². The van der Waals surface area contributed by atoms with Crippen LogP contribution in [0.5, 0.6) is 5.75 Å². The minimum absolute atomic E-state index is 0. The van der Waals surface area contributed by atoms with Gasteiger partial charge in [0.15, 0.2) is 0 Å². The summed E-state index contributed by atoms with van der Waals surface area (Å²) in [7, 11) is 0. The Morgan fingerprint density at radius 2 is 1.75 bits per heavy atom. The molecule has 1 saturated heterocycles. The number of amides is 1. The maximum Gasteiger partial charge on any atom is 0.222 e. The van der Waals surface area contributed by atoms with Gasteiger partial charge in [0, 0.05) is 38.4 Å². The maximum absolute atomic E-state index is 12.5. The lowest BCUT2D eigenvalue weighted by Crippen LogP contribution is -2.44. The van der Waals surface area contributed by atoms with Gasteiger partial charge in [0.2, 0.25) is 5.91 Å². The van der Waals surface area contributed by atoms with E-state index in [9.17, 15) is 4.79 Å². The highest BCUT2D eigenvalue weighted by Gasteiger charge is 2.29. The quantitative estimate of drug-likeness (QED) is 0.903. The fraction of sp³-hybridized carbons (Fsp3) is 0.632. The summed E-state index contributed by atoms with van der Waals surface area (Å²) < 4.78 is 5.99. The highest BCUT2D eigenvalue weighted by atomic mass is 35.5. The molecule has 2 N–H and O–H groups in total. The molecule has 4 nitrogen and oxygen atoms in total. The molecule has 1 aliphatic heterocycles. The summed E-state index contributed by atoms with van der Waals surface area (Å²) in [6.07, 6.45) is 7.30. The van der Waals surface area contributed by atoms with Crippen molar-refractivity contribution >= 4 is 18.3 Å². The maximum atomic E-state index is 12.5. The van der Waals surface area contributed by atoms with E-state index in [4.69, 9.17) is 10.5 Å². The molecule has 2 atom stereocenters. The van der Waals surface area contributed by atoms with Crippen LogP contribution in [0, 0.1) is 5.92 Å². The predicted molar refractivity (Wildman–Crippen MR) is 98.5 cm³/mol. The number of piperidine rings is 1. The van der Waals surface area contributed by atoms with Crippen molar-refractivity contribution in [2.45, 2.75) is 57.1 Å². The third kappa shape index (κ3) is 5.12. The molecule has 0 bridgehead atoms. The van der Waals surface area contributed by atoms with Gasteiger partial charge in [-0.05, 0) is 30.9 Å². The number of likely N-dealkylation sites (tertiary alicyclic amines) is 1. The molecule has 134 valence electrons. The molecule has 2 fully saturated rings. The molecule has 2 aliphatic rings. The molecule has 1 heterocycles. The fourth-order valence-electron chi connectivity index (χ4n) is 3.76. The molecular formula is C19H29ClN2O2. The Morgan fingerprint density at radius 1 is 1.08 bits per heavy atom. The van der Waals surface area contributed by atoms with E-state index in [0.717, 1.165) is 44.5 Å². The first-order valence-corrected chi connectivity index (χ1v) is 8.97. The van der Waals surface area contributed by atoms with Crippen LogP contribution in [-0.2, 0) is 4.79 Å². The van der Waals surface area contributed by atoms with Crippen molar-refractivity contribution in [3.05, 3.63) is 30.3 Å². The van der Waals surface area contributed by atoms with Gasteiger partial charge in [-0.3, -0.25) is 4.79 Å². The number of benzene rings is 1. The van der Waals surface area contributed by atoms with Crippen LogP contribution in [0.3, 0.4) is 0 Å². The Bertz CT molecular complexity index is 503. The first-order chi connectivity index (χ1) is 11.2. The standard InChI is InChI=1S/C19H28N2O2.ClH/c20-18-9-5-4-6-15(18)14-19(22)21-12-10-17(11-13-21)23-16-7-2-1-3-8-16;/h1-3,7-8,15,17-18H,4-6,9-14,20H2;1H. The summed E-state index contributed by atoms with van der Waals surface area (Å²) >= 11 is 0. The number of carbonyl (C=O) groups excluding carboxylic acids is 1. The Kier molecular flexibility index (Phi) is 7.38. The molecule has 2 unspecified atom stereocenters. The average molecular weight is 353 g/mol. The smallest absolute Gasteiger partial charge is 0.222 e. The van der Waals surface area contributed by atoms with Gasteiger partial charge < -0.3 is 15.4 Å². The van der Waals surface area contributed by atoms with Gasteiger partial charge in [0.25, 0.3) is 0 Å². The van der Waals surface area contributed by atoms with E-state index in [1.54, 1.807) is 0 Å². The molecule has 3 rings (SSSR count). The molecular weight excluding hydrogens is 324 g/mol. The summed E-state index contributed by atoms with van der Waals surface area (Å²) in [4.78, 5) is 14.5. The number of hydrogen-bond acceptors (Lipinski definition) is 3. The van der Waals surface area contributed by atoms with E-state index in [0.29, 0.717) is 12.3 Å². The summed E-state index contributed by atoms with van der Waals surface area (Å²) in [6.45, 7) is 1.61. The Morgan fingerprint density at radius 3 is 2.42 bits per heavy atom.